The first-order valence-electron chi connectivity index (χ1n) is 19.5. The zero-order chi connectivity index (χ0) is 46.9. The van der Waals surface area contributed by atoms with E-state index in [0.717, 1.165) is 16.7 Å². The second-order valence-electron chi connectivity index (χ2n) is 13.5. The molecule has 0 aliphatic heterocycles. The molecule has 342 valence electrons. The zero-order valence-electron chi connectivity index (χ0n) is 34.3. The third-order valence-corrected chi connectivity index (χ3v) is 13.9. The Labute approximate surface area is 393 Å². The Balaban J connectivity index is 0.000000204. The summed E-state index contributed by atoms with van der Waals surface area (Å²) in [6, 6.07) is 69.6. The normalized spacial score (nSPS) is 11.1. The standard InChI is InChI=1S/C19H14F3P.C18H15P.C9H4F6O2.C6H5.Pd/c20-19(21,22)17-13-7-8-14-18(17)23(15-9-3-1-4-10-15)16-11-5-2-6-12-16;1-4-10-16(11-5-1)19(17-12-6-2-7-13-17)18-14-8-3-9-15-18;10-8(11,12)5-1-4(7(16)17)2-6(3-5)9(13,14)15;1-2-4-6-5-3-1;/h1-14H;1-15H;1-3H,(H,16,17);1-5H;/q;;;-1;. The molecule has 8 rings (SSSR count). The summed E-state index contributed by atoms with van der Waals surface area (Å²) in [6.07, 6.45) is -14.4. The van der Waals surface area contributed by atoms with Crippen LogP contribution in [-0.2, 0) is 39.0 Å². The molecule has 0 spiro atoms. The predicted molar refractivity (Wildman–Crippen MR) is 244 cm³/mol. The Morgan fingerprint density at radius 3 is 0.970 bits per heavy atom. The molecule has 14 heteroatoms. The summed E-state index contributed by atoms with van der Waals surface area (Å²) < 4.78 is 114. The Hall–Kier alpha value is -5.88. The van der Waals surface area contributed by atoms with Crippen molar-refractivity contribution in [1.82, 2.24) is 0 Å². The Morgan fingerprint density at radius 2 is 0.697 bits per heavy atom. The van der Waals surface area contributed by atoms with Crippen LogP contribution in [0.5, 0.6) is 0 Å². The molecule has 8 aromatic carbocycles. The first-order valence-corrected chi connectivity index (χ1v) is 22.2. The number of hydrogen-bond acceptors (Lipinski definition) is 1. The SMILES string of the molecule is FC(F)(F)c1ccccc1P(c1ccccc1)c1ccccc1.O=C(O)c1cc(C(F)(F)F)cc(C(F)(F)F)c1.[Pd].[c-]1ccccc1.c1ccc(P(c2ccccc2)c2ccccc2)cc1. The summed E-state index contributed by atoms with van der Waals surface area (Å²) in [5, 5.41) is 14.8. The van der Waals surface area contributed by atoms with Crippen LogP contribution >= 0.6 is 15.8 Å². The molecule has 0 bridgehead atoms. The molecule has 0 heterocycles. The maximum atomic E-state index is 13.5. The predicted octanol–water partition coefficient (Wildman–Crippen LogP) is 12.8. The molecule has 66 heavy (non-hydrogen) atoms. The summed E-state index contributed by atoms with van der Waals surface area (Å²) in [7, 11) is -1.70. The number of hydrogen-bond donors (Lipinski definition) is 1. The van der Waals surface area contributed by atoms with Crippen molar-refractivity contribution in [2.75, 3.05) is 0 Å². The van der Waals surface area contributed by atoms with Crippen LogP contribution in [0.2, 0.25) is 0 Å². The quantitative estimate of drug-likeness (QED) is 0.0748. The third kappa shape index (κ3) is 15.9. The minimum absolute atomic E-state index is 0. The van der Waals surface area contributed by atoms with E-state index < -0.39 is 62.6 Å². The van der Waals surface area contributed by atoms with Crippen molar-refractivity contribution in [3.63, 3.8) is 0 Å². The van der Waals surface area contributed by atoms with E-state index in [9.17, 15) is 44.3 Å². The molecule has 0 saturated heterocycles. The number of alkyl halides is 9. The van der Waals surface area contributed by atoms with Crippen LogP contribution in [0.3, 0.4) is 0 Å². The Kier molecular flexibility index (Phi) is 20.1. The van der Waals surface area contributed by atoms with E-state index in [2.05, 4.69) is 97.1 Å². The average Bonchev–Trinajstić information content (AvgIpc) is 3.31. The molecule has 8 aromatic rings. The summed E-state index contributed by atoms with van der Waals surface area (Å²) in [6.45, 7) is 0. The number of halogens is 9. The molecule has 0 fully saturated rings. The minimum Gasteiger partial charge on any atom is -0.478 e. The van der Waals surface area contributed by atoms with Gasteiger partial charge in [-0.2, -0.15) is 75.9 Å². The van der Waals surface area contributed by atoms with Gasteiger partial charge in [0.25, 0.3) is 0 Å². The second kappa shape index (κ2) is 25.1. The molecular weight excluding hydrogens is 996 g/mol. The summed E-state index contributed by atoms with van der Waals surface area (Å²) in [4.78, 5) is 10.4. The molecule has 0 radical (unpaired) electrons. The largest absolute Gasteiger partial charge is 0.478 e. The van der Waals surface area contributed by atoms with Gasteiger partial charge in [-0.05, 0) is 71.9 Å². The van der Waals surface area contributed by atoms with E-state index in [4.69, 9.17) is 5.11 Å². The zero-order valence-corrected chi connectivity index (χ0v) is 37.7. The van der Waals surface area contributed by atoms with Gasteiger partial charge in [0.2, 0.25) is 0 Å². The third-order valence-electron chi connectivity index (χ3n) is 8.96. The van der Waals surface area contributed by atoms with Crippen molar-refractivity contribution >= 4 is 53.6 Å². The molecule has 0 atom stereocenters. The van der Waals surface area contributed by atoms with Crippen LogP contribution in [0, 0.1) is 6.07 Å². The van der Waals surface area contributed by atoms with E-state index in [1.165, 1.54) is 22.0 Å². The van der Waals surface area contributed by atoms with Gasteiger partial charge in [0.15, 0.2) is 0 Å². The molecule has 0 aliphatic carbocycles. The molecule has 0 aliphatic rings. The number of carboxylic acids is 1. The molecule has 2 nitrogen and oxygen atoms in total. The van der Waals surface area contributed by atoms with Gasteiger partial charge in [0, 0.05) is 20.4 Å². The maximum absolute atomic E-state index is 13.5. The fourth-order valence-corrected chi connectivity index (χ4v) is 10.9. The van der Waals surface area contributed by atoms with Crippen LogP contribution < -0.4 is 31.8 Å². The van der Waals surface area contributed by atoms with Crippen LogP contribution in [-0.4, -0.2) is 11.1 Å². The molecule has 0 amide bonds. The molecule has 0 unspecified atom stereocenters. The van der Waals surface area contributed by atoms with E-state index in [1.54, 1.807) is 12.1 Å². The fraction of sp³-hybridized carbons (Fsp3) is 0.0577. The smallest absolute Gasteiger partial charge is 0.417 e. The van der Waals surface area contributed by atoms with Gasteiger partial charge >= 0.3 is 24.5 Å². The maximum Gasteiger partial charge on any atom is 0.417 e. The van der Waals surface area contributed by atoms with E-state index >= 15 is 0 Å². The van der Waals surface area contributed by atoms with Crippen molar-refractivity contribution < 1.29 is 69.8 Å². The number of carbonyl (C=O) groups is 1. The summed E-state index contributed by atoms with van der Waals surface area (Å²) in [5.74, 6) is -1.86. The monoisotopic (exact) mass is 1030 g/mol. The van der Waals surface area contributed by atoms with Gasteiger partial charge < -0.3 is 5.11 Å². The van der Waals surface area contributed by atoms with Gasteiger partial charge in [-0.1, -0.05) is 170 Å². The van der Waals surface area contributed by atoms with Crippen molar-refractivity contribution in [1.29, 1.82) is 0 Å². The Morgan fingerprint density at radius 1 is 0.394 bits per heavy atom. The number of rotatable bonds is 7. The topological polar surface area (TPSA) is 37.3 Å². The average molecular weight is 1030 g/mol. The molecule has 1 N–H and O–H groups in total. The molecule has 0 aromatic heterocycles. The van der Waals surface area contributed by atoms with E-state index in [-0.39, 0.29) is 38.6 Å². The summed E-state index contributed by atoms with van der Waals surface area (Å²) in [5.41, 5.74) is -4.92. The van der Waals surface area contributed by atoms with E-state index in [1.807, 2.05) is 91.0 Å². The molecule has 0 saturated carbocycles. The summed E-state index contributed by atoms with van der Waals surface area (Å²) >= 11 is 0. The van der Waals surface area contributed by atoms with Crippen molar-refractivity contribution in [2.45, 2.75) is 18.5 Å². The number of carboxylic acid groups (broad SMARTS) is 1. The van der Waals surface area contributed by atoms with Crippen LogP contribution in [0.1, 0.15) is 27.0 Å². The number of aromatic carboxylic acids is 1. The van der Waals surface area contributed by atoms with Crippen LogP contribution in [0.25, 0.3) is 0 Å². The van der Waals surface area contributed by atoms with Crippen LogP contribution in [0.4, 0.5) is 39.5 Å². The van der Waals surface area contributed by atoms with Gasteiger partial charge in [-0.15, -0.1) is 0 Å². The first kappa shape index (κ1) is 52.7. The van der Waals surface area contributed by atoms with Crippen molar-refractivity contribution in [3.05, 3.63) is 253 Å². The van der Waals surface area contributed by atoms with Crippen molar-refractivity contribution in [2.24, 2.45) is 0 Å². The van der Waals surface area contributed by atoms with E-state index in [0.29, 0.717) is 5.30 Å². The van der Waals surface area contributed by atoms with Gasteiger partial charge in [-0.3, -0.25) is 0 Å². The van der Waals surface area contributed by atoms with Gasteiger partial charge in [0.1, 0.15) is 0 Å². The Bertz CT molecular complexity index is 2450. The molecular formula is C52H38F9O2P2Pd-. The van der Waals surface area contributed by atoms with Crippen molar-refractivity contribution in [3.8, 4) is 0 Å². The van der Waals surface area contributed by atoms with Gasteiger partial charge in [0.05, 0.1) is 22.3 Å². The number of benzene rings is 8. The van der Waals surface area contributed by atoms with Gasteiger partial charge in [-0.25, -0.2) is 4.79 Å². The fourth-order valence-electron chi connectivity index (χ4n) is 6.09. The minimum atomic E-state index is -5.04. The second-order valence-corrected chi connectivity index (χ2v) is 17.9. The van der Waals surface area contributed by atoms with Crippen LogP contribution in [0.15, 0.2) is 224 Å². The first-order chi connectivity index (χ1) is 31.0.